The van der Waals surface area contributed by atoms with E-state index in [1.807, 2.05) is 35.9 Å². The summed E-state index contributed by atoms with van der Waals surface area (Å²) in [5.41, 5.74) is 7.82. The fourth-order valence-electron chi connectivity index (χ4n) is 2.14. The molecular formula is C14H18F3N3O. The predicted octanol–water partition coefficient (Wildman–Crippen LogP) is 2.41. The van der Waals surface area contributed by atoms with Crippen molar-refractivity contribution in [1.29, 1.82) is 0 Å². The number of nitrogens with zero attached hydrogens (tertiary/aromatic N) is 2. The van der Waals surface area contributed by atoms with Crippen molar-refractivity contribution in [3.05, 3.63) is 30.1 Å². The zero-order chi connectivity index (χ0) is 15.5. The Morgan fingerprint density at radius 2 is 2.05 bits per heavy atom. The number of rotatable bonds is 6. The molecule has 2 aromatic rings. The second kappa shape index (κ2) is 6.44. The van der Waals surface area contributed by atoms with Gasteiger partial charge in [-0.25, -0.2) is 4.98 Å². The molecular weight excluding hydrogens is 283 g/mol. The first-order valence-electron chi connectivity index (χ1n) is 6.67. The second-order valence-corrected chi connectivity index (χ2v) is 5.00. The van der Waals surface area contributed by atoms with E-state index in [4.69, 9.17) is 5.73 Å². The lowest BCUT2D eigenvalue weighted by molar-refractivity contribution is -0.174. The Kier molecular flexibility index (Phi) is 4.84. The second-order valence-electron chi connectivity index (χ2n) is 5.00. The Morgan fingerprint density at radius 3 is 2.71 bits per heavy atom. The number of aromatic nitrogens is 2. The molecule has 1 heterocycles. The van der Waals surface area contributed by atoms with Crippen LogP contribution in [0.4, 0.5) is 13.2 Å². The fraction of sp³-hybridized carbons (Fsp3) is 0.500. The third-order valence-electron chi connectivity index (χ3n) is 3.22. The zero-order valence-electron chi connectivity index (χ0n) is 11.7. The molecule has 4 nitrogen and oxygen atoms in total. The smallest absolute Gasteiger partial charge is 0.372 e. The predicted molar refractivity (Wildman–Crippen MR) is 73.9 cm³/mol. The summed E-state index contributed by atoms with van der Waals surface area (Å²) in [4.78, 5) is 4.48. The minimum atomic E-state index is -4.29. The van der Waals surface area contributed by atoms with Gasteiger partial charge in [-0.1, -0.05) is 12.1 Å². The van der Waals surface area contributed by atoms with E-state index in [-0.39, 0.29) is 12.6 Å². The Morgan fingerprint density at radius 1 is 1.33 bits per heavy atom. The van der Waals surface area contributed by atoms with Gasteiger partial charge in [0.05, 0.1) is 11.0 Å². The number of hydrogen-bond donors (Lipinski definition) is 1. The van der Waals surface area contributed by atoms with Crippen molar-refractivity contribution in [2.24, 2.45) is 12.8 Å². The molecule has 7 heteroatoms. The number of hydrogen-bond acceptors (Lipinski definition) is 3. The molecule has 0 spiro atoms. The molecule has 1 aromatic heterocycles. The highest BCUT2D eigenvalue weighted by Crippen LogP contribution is 2.16. The largest absolute Gasteiger partial charge is 0.411 e. The van der Waals surface area contributed by atoms with Crippen LogP contribution in [0.5, 0.6) is 0 Å². The van der Waals surface area contributed by atoms with Gasteiger partial charge in [0.1, 0.15) is 12.4 Å². The number of para-hydroxylation sites is 2. The summed E-state index contributed by atoms with van der Waals surface area (Å²) >= 11 is 0. The van der Waals surface area contributed by atoms with Gasteiger partial charge in [0.2, 0.25) is 0 Å². The van der Waals surface area contributed by atoms with E-state index < -0.39 is 12.8 Å². The molecule has 2 rings (SSSR count). The van der Waals surface area contributed by atoms with Gasteiger partial charge in [-0.3, -0.25) is 0 Å². The molecule has 0 radical (unpaired) electrons. The van der Waals surface area contributed by atoms with Gasteiger partial charge < -0.3 is 15.0 Å². The third-order valence-corrected chi connectivity index (χ3v) is 3.22. The number of benzene rings is 1. The van der Waals surface area contributed by atoms with Crippen LogP contribution in [0.15, 0.2) is 24.3 Å². The summed E-state index contributed by atoms with van der Waals surface area (Å²) in [6.07, 6.45) is -3.43. The molecule has 0 saturated carbocycles. The van der Waals surface area contributed by atoms with Crippen LogP contribution in [-0.4, -0.2) is 35.0 Å². The topological polar surface area (TPSA) is 53.1 Å². The van der Waals surface area contributed by atoms with Crippen LogP contribution in [0.25, 0.3) is 11.0 Å². The van der Waals surface area contributed by atoms with Gasteiger partial charge in [0, 0.05) is 26.1 Å². The quantitative estimate of drug-likeness (QED) is 0.834. The molecule has 0 fully saturated rings. The first-order chi connectivity index (χ1) is 9.87. The first-order valence-corrected chi connectivity index (χ1v) is 6.67. The maximum absolute atomic E-state index is 11.9. The number of imidazole rings is 1. The van der Waals surface area contributed by atoms with E-state index >= 15 is 0 Å². The van der Waals surface area contributed by atoms with E-state index in [1.54, 1.807) is 0 Å². The summed E-state index contributed by atoms with van der Waals surface area (Å²) in [6, 6.07) is 7.43. The van der Waals surface area contributed by atoms with Crippen molar-refractivity contribution in [3.63, 3.8) is 0 Å². The Labute approximate surface area is 120 Å². The van der Waals surface area contributed by atoms with Crippen LogP contribution in [0.2, 0.25) is 0 Å². The van der Waals surface area contributed by atoms with Crippen LogP contribution in [-0.2, 0) is 18.2 Å². The molecule has 1 unspecified atom stereocenters. The minimum absolute atomic E-state index is 0.00931. The monoisotopic (exact) mass is 301 g/mol. The summed E-state index contributed by atoms with van der Waals surface area (Å²) in [5, 5.41) is 0. The van der Waals surface area contributed by atoms with Crippen molar-refractivity contribution < 1.29 is 17.9 Å². The van der Waals surface area contributed by atoms with E-state index in [1.165, 1.54) is 0 Å². The molecule has 0 aliphatic rings. The Hall–Kier alpha value is -1.60. The number of nitrogens with two attached hydrogens (primary N) is 1. The van der Waals surface area contributed by atoms with Crippen molar-refractivity contribution in [1.82, 2.24) is 9.55 Å². The maximum atomic E-state index is 11.9. The van der Waals surface area contributed by atoms with Crippen LogP contribution >= 0.6 is 0 Å². The van der Waals surface area contributed by atoms with Crippen molar-refractivity contribution >= 4 is 11.0 Å². The molecule has 0 saturated heterocycles. The van der Waals surface area contributed by atoms with Gasteiger partial charge >= 0.3 is 6.18 Å². The molecule has 116 valence electrons. The van der Waals surface area contributed by atoms with Crippen molar-refractivity contribution in [2.75, 3.05) is 13.2 Å². The average molecular weight is 301 g/mol. The van der Waals surface area contributed by atoms with Crippen molar-refractivity contribution in [3.8, 4) is 0 Å². The van der Waals surface area contributed by atoms with E-state index in [2.05, 4.69) is 9.72 Å². The maximum Gasteiger partial charge on any atom is 0.411 e. The molecule has 21 heavy (non-hydrogen) atoms. The lowest BCUT2D eigenvalue weighted by Gasteiger charge is -2.12. The molecule has 1 aromatic carbocycles. The summed E-state index contributed by atoms with van der Waals surface area (Å²) in [6.45, 7) is -1.24. The van der Waals surface area contributed by atoms with E-state index in [0.717, 1.165) is 16.9 Å². The summed E-state index contributed by atoms with van der Waals surface area (Å²) in [7, 11) is 1.90. The lowest BCUT2D eigenvalue weighted by atomic mass is 10.1. The highest BCUT2D eigenvalue weighted by atomic mass is 19.4. The van der Waals surface area contributed by atoms with Gasteiger partial charge in [0.15, 0.2) is 0 Å². The van der Waals surface area contributed by atoms with Gasteiger partial charge in [-0.15, -0.1) is 0 Å². The van der Waals surface area contributed by atoms with Gasteiger partial charge in [0.25, 0.3) is 0 Å². The van der Waals surface area contributed by atoms with Crippen LogP contribution in [0.1, 0.15) is 12.2 Å². The number of ether oxygens (including phenoxy) is 1. The number of aryl methyl sites for hydroxylation is 1. The van der Waals surface area contributed by atoms with Crippen LogP contribution < -0.4 is 5.73 Å². The van der Waals surface area contributed by atoms with Crippen LogP contribution in [0, 0.1) is 0 Å². The SMILES string of the molecule is Cn1c(CC(N)CCOCC(F)(F)F)nc2ccccc21. The Balaban J connectivity index is 1.87. The normalized spacial score (nSPS) is 13.8. The van der Waals surface area contributed by atoms with Gasteiger partial charge in [-0.05, 0) is 18.6 Å². The van der Waals surface area contributed by atoms with Crippen molar-refractivity contribution in [2.45, 2.75) is 25.1 Å². The Bertz CT molecular complexity index is 595. The van der Waals surface area contributed by atoms with Gasteiger partial charge in [-0.2, -0.15) is 13.2 Å². The first kappa shape index (κ1) is 15.8. The lowest BCUT2D eigenvalue weighted by Crippen LogP contribution is -2.27. The number of alkyl halides is 3. The third kappa shape index (κ3) is 4.44. The minimum Gasteiger partial charge on any atom is -0.372 e. The number of fused-ring (bicyclic) bond motifs is 1. The molecule has 0 amide bonds. The summed E-state index contributed by atoms with van der Waals surface area (Å²) < 4.78 is 42.3. The van der Waals surface area contributed by atoms with E-state index in [0.29, 0.717) is 12.8 Å². The zero-order valence-corrected chi connectivity index (χ0v) is 11.7. The average Bonchev–Trinajstić information content (AvgIpc) is 2.71. The number of halogens is 3. The fourth-order valence-corrected chi connectivity index (χ4v) is 2.14. The molecule has 0 aliphatic heterocycles. The van der Waals surface area contributed by atoms with E-state index in [9.17, 15) is 13.2 Å². The molecule has 2 N–H and O–H groups in total. The highest BCUT2D eigenvalue weighted by molar-refractivity contribution is 5.75. The molecule has 0 aliphatic carbocycles. The standard InChI is InChI=1S/C14H18F3N3O/c1-20-12-5-3-2-4-11(12)19-13(20)8-10(18)6-7-21-9-14(15,16)17/h2-5,10H,6-9,18H2,1H3. The molecule has 0 bridgehead atoms. The van der Waals surface area contributed by atoms with Crippen LogP contribution in [0.3, 0.4) is 0 Å². The summed E-state index contributed by atoms with van der Waals surface area (Å²) in [5.74, 6) is 0.819. The highest BCUT2D eigenvalue weighted by Gasteiger charge is 2.27. The molecule has 1 atom stereocenters.